The molecule has 0 radical (unpaired) electrons. The Labute approximate surface area is 235 Å². The first kappa shape index (κ1) is 28.3. The predicted octanol–water partition coefficient (Wildman–Crippen LogP) is 6.28. The third-order valence-electron chi connectivity index (χ3n) is 6.80. The molecule has 0 atom stereocenters. The molecule has 2 amide bonds. The van der Waals surface area contributed by atoms with E-state index in [0.29, 0.717) is 32.7 Å². The Morgan fingerprint density at radius 3 is 1.92 bits per heavy atom. The highest BCUT2D eigenvalue weighted by atomic mass is 32.1. The number of methoxy groups -OCH3 is 1. The Morgan fingerprint density at radius 2 is 1.38 bits per heavy atom. The summed E-state index contributed by atoms with van der Waals surface area (Å²) in [5.41, 5.74) is 4.05. The zero-order chi connectivity index (χ0) is 27.5. The van der Waals surface area contributed by atoms with Gasteiger partial charge in [-0.25, -0.2) is 0 Å². The van der Waals surface area contributed by atoms with Crippen molar-refractivity contribution in [2.75, 3.05) is 26.8 Å². The maximum Gasteiger partial charge on any atom is 0.242 e. The molecule has 202 valence electrons. The highest BCUT2D eigenvalue weighted by Gasteiger charge is 2.30. The minimum Gasteiger partial charge on any atom is -0.385 e. The lowest BCUT2D eigenvalue weighted by molar-refractivity contribution is -0.141. The summed E-state index contributed by atoms with van der Waals surface area (Å²) in [5, 5.41) is 2.06. The van der Waals surface area contributed by atoms with Crippen molar-refractivity contribution < 1.29 is 14.3 Å². The molecule has 5 nitrogen and oxygen atoms in total. The van der Waals surface area contributed by atoms with Crippen molar-refractivity contribution >= 4 is 23.2 Å². The molecule has 0 spiro atoms. The van der Waals surface area contributed by atoms with Gasteiger partial charge in [-0.3, -0.25) is 9.59 Å². The van der Waals surface area contributed by atoms with Gasteiger partial charge in [-0.1, -0.05) is 91.0 Å². The van der Waals surface area contributed by atoms with E-state index in [0.717, 1.165) is 21.6 Å². The molecule has 0 unspecified atom stereocenters. The molecule has 0 N–H and O–H groups in total. The summed E-state index contributed by atoms with van der Waals surface area (Å²) < 4.78 is 5.28. The van der Waals surface area contributed by atoms with Crippen molar-refractivity contribution in [2.24, 2.45) is 0 Å². The molecule has 0 aliphatic carbocycles. The third kappa shape index (κ3) is 7.88. The van der Waals surface area contributed by atoms with Crippen LogP contribution in [0.2, 0.25) is 0 Å². The number of aryl methyl sites for hydroxylation is 1. The van der Waals surface area contributed by atoms with Gasteiger partial charge in [0.2, 0.25) is 11.8 Å². The van der Waals surface area contributed by atoms with Gasteiger partial charge >= 0.3 is 0 Å². The van der Waals surface area contributed by atoms with E-state index in [1.807, 2.05) is 95.9 Å². The molecule has 4 aromatic rings. The summed E-state index contributed by atoms with van der Waals surface area (Å²) in [7, 11) is 1.65. The number of nitrogens with zero attached hydrogens (tertiary/aromatic N) is 2. The fourth-order valence-corrected chi connectivity index (χ4v) is 5.58. The van der Waals surface area contributed by atoms with E-state index in [4.69, 9.17) is 4.74 Å². The van der Waals surface area contributed by atoms with Gasteiger partial charge in [0, 0.05) is 31.7 Å². The molecule has 3 aromatic carbocycles. The Balaban J connectivity index is 1.62. The summed E-state index contributed by atoms with van der Waals surface area (Å²) in [6.07, 6.45) is 0.647. The molecule has 0 fully saturated rings. The van der Waals surface area contributed by atoms with Crippen LogP contribution in [-0.2, 0) is 27.4 Å². The van der Waals surface area contributed by atoms with Crippen LogP contribution < -0.4 is 0 Å². The molecule has 1 aromatic heterocycles. The van der Waals surface area contributed by atoms with Crippen molar-refractivity contribution in [1.29, 1.82) is 0 Å². The topological polar surface area (TPSA) is 49.9 Å². The second-order valence-electron chi connectivity index (χ2n) is 9.62. The summed E-state index contributed by atoms with van der Waals surface area (Å²) in [4.78, 5) is 32.9. The number of hydrogen-bond donors (Lipinski definition) is 0. The van der Waals surface area contributed by atoms with Crippen LogP contribution in [0.1, 0.15) is 39.5 Å². The number of carbonyl (C=O) groups is 2. The van der Waals surface area contributed by atoms with Crippen LogP contribution in [0.15, 0.2) is 102 Å². The number of amides is 2. The Bertz CT molecular complexity index is 1270. The minimum absolute atomic E-state index is 0.00989. The van der Waals surface area contributed by atoms with Gasteiger partial charge in [-0.15, -0.1) is 11.3 Å². The largest absolute Gasteiger partial charge is 0.385 e. The molecule has 0 saturated heterocycles. The molecular weight excluding hydrogens is 504 g/mol. The number of benzene rings is 3. The Morgan fingerprint density at radius 1 is 0.795 bits per heavy atom. The zero-order valence-electron chi connectivity index (χ0n) is 22.7. The normalized spacial score (nSPS) is 10.9. The van der Waals surface area contributed by atoms with Crippen LogP contribution in [-0.4, -0.2) is 48.4 Å². The first-order valence-corrected chi connectivity index (χ1v) is 14.2. The molecule has 0 bridgehead atoms. The van der Waals surface area contributed by atoms with Crippen LogP contribution in [0.5, 0.6) is 0 Å². The molecule has 4 rings (SSSR count). The number of ether oxygens (including phenoxy) is 1. The van der Waals surface area contributed by atoms with Crippen molar-refractivity contribution in [3.8, 4) is 0 Å². The van der Waals surface area contributed by atoms with E-state index in [1.54, 1.807) is 23.3 Å². The van der Waals surface area contributed by atoms with E-state index in [-0.39, 0.29) is 18.4 Å². The summed E-state index contributed by atoms with van der Waals surface area (Å²) >= 11 is 1.66. The number of carbonyl (C=O) groups excluding carboxylic acids is 2. The molecule has 1 heterocycles. The van der Waals surface area contributed by atoms with E-state index in [9.17, 15) is 9.59 Å². The van der Waals surface area contributed by atoms with Gasteiger partial charge in [-0.2, -0.15) is 0 Å². The standard InChI is InChI=1S/C33H36N2O3S/c1-26-19-22-39-30(26)24-35(23-27-13-6-3-7-14-27)31(36)25-34(20-12-21-38-2)33(37)32(28-15-8-4-9-16-28)29-17-10-5-11-18-29/h3-11,13-19,22,32H,12,20-21,23-25H2,1-2H3. The maximum absolute atomic E-state index is 14.2. The molecule has 6 heteroatoms. The highest BCUT2D eigenvalue weighted by molar-refractivity contribution is 7.10. The zero-order valence-corrected chi connectivity index (χ0v) is 23.5. The van der Waals surface area contributed by atoms with Gasteiger partial charge in [0.15, 0.2) is 0 Å². The Hall–Kier alpha value is -3.74. The molecule has 0 saturated carbocycles. The molecule has 39 heavy (non-hydrogen) atoms. The van der Waals surface area contributed by atoms with E-state index < -0.39 is 5.92 Å². The minimum atomic E-state index is -0.496. The first-order valence-electron chi connectivity index (χ1n) is 13.3. The van der Waals surface area contributed by atoms with Gasteiger partial charge in [0.25, 0.3) is 0 Å². The second kappa shape index (κ2) is 14.4. The predicted molar refractivity (Wildman–Crippen MR) is 158 cm³/mol. The third-order valence-corrected chi connectivity index (χ3v) is 7.81. The number of thiophene rings is 1. The average molecular weight is 541 g/mol. The van der Waals surface area contributed by atoms with Crippen molar-refractivity contribution in [1.82, 2.24) is 9.80 Å². The van der Waals surface area contributed by atoms with E-state index >= 15 is 0 Å². The summed E-state index contributed by atoms with van der Waals surface area (Å²) in [6, 6.07) is 31.7. The van der Waals surface area contributed by atoms with Crippen molar-refractivity contribution in [3.63, 3.8) is 0 Å². The lowest BCUT2D eigenvalue weighted by atomic mass is 9.90. The van der Waals surface area contributed by atoms with Gasteiger partial charge in [0.05, 0.1) is 19.0 Å². The maximum atomic E-state index is 14.2. The monoisotopic (exact) mass is 540 g/mol. The van der Waals surface area contributed by atoms with Gasteiger partial charge < -0.3 is 14.5 Å². The summed E-state index contributed by atoms with van der Waals surface area (Å²) in [6.45, 7) is 4.03. The van der Waals surface area contributed by atoms with Crippen LogP contribution >= 0.6 is 11.3 Å². The number of rotatable bonds is 13. The fraction of sp³-hybridized carbons (Fsp3) is 0.273. The Kier molecular flexibility index (Phi) is 10.5. The lowest BCUT2D eigenvalue weighted by Crippen LogP contribution is -2.45. The van der Waals surface area contributed by atoms with Crippen LogP contribution in [0.25, 0.3) is 0 Å². The van der Waals surface area contributed by atoms with Gasteiger partial charge in [-0.05, 0) is 47.0 Å². The smallest absolute Gasteiger partial charge is 0.242 e. The quantitative estimate of drug-likeness (QED) is 0.188. The van der Waals surface area contributed by atoms with Crippen molar-refractivity contribution in [3.05, 3.63) is 130 Å². The molecule has 0 aliphatic rings. The number of hydrogen-bond acceptors (Lipinski definition) is 4. The van der Waals surface area contributed by atoms with Crippen LogP contribution in [0, 0.1) is 6.92 Å². The lowest BCUT2D eigenvalue weighted by Gasteiger charge is -2.30. The van der Waals surface area contributed by atoms with Crippen LogP contribution in [0.3, 0.4) is 0 Å². The SMILES string of the molecule is COCCCN(CC(=O)N(Cc1ccccc1)Cc1sccc1C)C(=O)C(c1ccccc1)c1ccccc1. The molecule has 0 aliphatic heterocycles. The first-order chi connectivity index (χ1) is 19.1. The molecular formula is C33H36N2O3S. The average Bonchev–Trinajstić information content (AvgIpc) is 3.38. The van der Waals surface area contributed by atoms with Crippen LogP contribution in [0.4, 0.5) is 0 Å². The highest BCUT2D eigenvalue weighted by Crippen LogP contribution is 2.27. The fourth-order valence-electron chi connectivity index (χ4n) is 4.66. The second-order valence-corrected chi connectivity index (χ2v) is 10.6. The van der Waals surface area contributed by atoms with Gasteiger partial charge in [0.1, 0.15) is 0 Å². The van der Waals surface area contributed by atoms with E-state index in [1.165, 1.54) is 5.56 Å². The summed E-state index contributed by atoms with van der Waals surface area (Å²) in [5.74, 6) is -0.647. The van der Waals surface area contributed by atoms with Crippen molar-refractivity contribution in [2.45, 2.75) is 32.4 Å². The van der Waals surface area contributed by atoms with E-state index in [2.05, 4.69) is 18.4 Å².